The highest BCUT2D eigenvalue weighted by Gasteiger charge is 2.29. The van der Waals surface area contributed by atoms with Gasteiger partial charge in [0.25, 0.3) is 0 Å². The van der Waals surface area contributed by atoms with Crippen LogP contribution in [0.3, 0.4) is 0 Å². The maximum Gasteiger partial charge on any atom is 0.167 e. The normalized spacial score (nSPS) is 24.6. The number of ketones is 1. The lowest BCUT2D eigenvalue weighted by Gasteiger charge is -2.27. The molecule has 1 fully saturated rings. The van der Waals surface area contributed by atoms with Crippen molar-refractivity contribution in [1.82, 2.24) is 0 Å². The maximum absolute atomic E-state index is 12.5. The van der Waals surface area contributed by atoms with Gasteiger partial charge in [0.05, 0.1) is 0 Å². The van der Waals surface area contributed by atoms with Crippen LogP contribution in [-0.2, 0) is 0 Å². The van der Waals surface area contributed by atoms with Crippen LogP contribution in [0.15, 0.2) is 18.2 Å². The largest absolute Gasteiger partial charge is 0.327 e. The van der Waals surface area contributed by atoms with Crippen molar-refractivity contribution in [3.63, 3.8) is 0 Å². The van der Waals surface area contributed by atoms with Crippen molar-refractivity contribution in [3.8, 4) is 0 Å². The van der Waals surface area contributed by atoms with Gasteiger partial charge in [0.15, 0.2) is 5.78 Å². The van der Waals surface area contributed by atoms with Crippen LogP contribution in [0.1, 0.15) is 47.2 Å². The molecule has 0 saturated heterocycles. The minimum atomic E-state index is 0.0317. The number of rotatable bonds is 2. The topological polar surface area (TPSA) is 43.1 Å². The number of carbonyl (C=O) groups is 1. The van der Waals surface area contributed by atoms with Gasteiger partial charge >= 0.3 is 0 Å². The summed E-state index contributed by atoms with van der Waals surface area (Å²) in [5.74, 6) is 0.280. The first-order valence-electron chi connectivity index (χ1n) is 6.46. The van der Waals surface area contributed by atoms with E-state index in [1.165, 1.54) is 0 Å². The molecule has 0 aliphatic heterocycles. The van der Waals surface area contributed by atoms with E-state index in [9.17, 15) is 4.79 Å². The smallest absolute Gasteiger partial charge is 0.167 e. The summed E-state index contributed by atoms with van der Waals surface area (Å²) in [7, 11) is 0. The van der Waals surface area contributed by atoms with E-state index in [1.807, 2.05) is 32.0 Å². The lowest BCUT2D eigenvalue weighted by atomic mass is 9.79. The second kappa shape index (κ2) is 5.01. The summed E-state index contributed by atoms with van der Waals surface area (Å²) in [6.45, 7) is 4.03. The number of carbonyl (C=O) groups excluding carboxylic acids is 1. The molecule has 1 aliphatic carbocycles. The minimum absolute atomic E-state index is 0.0317. The van der Waals surface area contributed by atoms with Crippen molar-refractivity contribution in [1.29, 1.82) is 0 Å². The number of Topliss-reactive ketones (excluding diaryl/α,β-unsaturated/α-hetero) is 1. The molecule has 0 bridgehead atoms. The Labute approximate surface area is 103 Å². The van der Waals surface area contributed by atoms with Crippen LogP contribution in [0.2, 0.25) is 0 Å². The molecule has 17 heavy (non-hydrogen) atoms. The fraction of sp³-hybridized carbons (Fsp3) is 0.533. The zero-order valence-corrected chi connectivity index (χ0v) is 10.7. The van der Waals surface area contributed by atoms with Crippen LogP contribution >= 0.6 is 0 Å². The van der Waals surface area contributed by atoms with Gasteiger partial charge in [-0.2, -0.15) is 0 Å². The van der Waals surface area contributed by atoms with Gasteiger partial charge in [0.2, 0.25) is 0 Å². The molecule has 2 atom stereocenters. The summed E-state index contributed by atoms with van der Waals surface area (Å²) in [5, 5.41) is 0. The predicted octanol–water partition coefficient (Wildman–Crippen LogP) is 3.00. The highest BCUT2D eigenvalue weighted by molar-refractivity contribution is 5.99. The second-order valence-corrected chi connectivity index (χ2v) is 5.24. The van der Waals surface area contributed by atoms with Crippen LogP contribution < -0.4 is 5.73 Å². The Hall–Kier alpha value is -1.15. The maximum atomic E-state index is 12.5. The Kier molecular flexibility index (Phi) is 3.63. The van der Waals surface area contributed by atoms with E-state index in [-0.39, 0.29) is 17.7 Å². The third-order valence-electron chi connectivity index (χ3n) is 3.81. The summed E-state index contributed by atoms with van der Waals surface area (Å²) in [4.78, 5) is 12.5. The number of benzene rings is 1. The monoisotopic (exact) mass is 231 g/mol. The first kappa shape index (κ1) is 12.3. The molecule has 0 radical (unpaired) electrons. The standard InChI is InChI=1S/C15H21NO/c1-10-7-8-11(2)13(9-10)15(17)12-5-3-4-6-14(12)16/h7-9,12,14H,3-6,16H2,1-2H3. The fourth-order valence-corrected chi connectivity index (χ4v) is 2.69. The molecule has 2 nitrogen and oxygen atoms in total. The predicted molar refractivity (Wildman–Crippen MR) is 70.2 cm³/mol. The highest BCUT2D eigenvalue weighted by Crippen LogP contribution is 2.27. The molecule has 2 rings (SSSR count). The Morgan fingerprint density at radius 1 is 1.24 bits per heavy atom. The van der Waals surface area contributed by atoms with Crippen LogP contribution in [0.25, 0.3) is 0 Å². The van der Waals surface area contributed by atoms with E-state index in [2.05, 4.69) is 0 Å². The summed E-state index contributed by atoms with van der Waals surface area (Å²) in [5.41, 5.74) is 9.16. The van der Waals surface area contributed by atoms with E-state index >= 15 is 0 Å². The summed E-state index contributed by atoms with van der Waals surface area (Å²) < 4.78 is 0. The molecule has 0 amide bonds. The average molecular weight is 231 g/mol. The lowest BCUT2D eigenvalue weighted by molar-refractivity contribution is 0.0870. The first-order valence-corrected chi connectivity index (χ1v) is 6.46. The molecule has 92 valence electrons. The number of hydrogen-bond donors (Lipinski definition) is 1. The van der Waals surface area contributed by atoms with E-state index in [0.717, 1.165) is 42.4 Å². The van der Waals surface area contributed by atoms with Gasteiger partial charge in [-0.15, -0.1) is 0 Å². The minimum Gasteiger partial charge on any atom is -0.327 e. The SMILES string of the molecule is Cc1ccc(C)c(C(=O)C2CCCCC2N)c1. The molecule has 1 aromatic rings. The van der Waals surface area contributed by atoms with Gasteiger partial charge in [-0.05, 0) is 38.3 Å². The number of hydrogen-bond acceptors (Lipinski definition) is 2. The number of nitrogens with two attached hydrogens (primary N) is 1. The van der Waals surface area contributed by atoms with Gasteiger partial charge in [0, 0.05) is 17.5 Å². The Morgan fingerprint density at radius 2 is 1.94 bits per heavy atom. The van der Waals surface area contributed by atoms with Crippen LogP contribution in [0.5, 0.6) is 0 Å². The molecular weight excluding hydrogens is 210 g/mol. The van der Waals surface area contributed by atoms with Gasteiger partial charge in [-0.3, -0.25) is 4.79 Å². The lowest BCUT2D eigenvalue weighted by Crippen LogP contribution is -2.38. The molecule has 1 aromatic carbocycles. The van der Waals surface area contributed by atoms with Crippen molar-refractivity contribution >= 4 is 5.78 Å². The number of aryl methyl sites for hydroxylation is 2. The van der Waals surface area contributed by atoms with Crippen LogP contribution in [0, 0.1) is 19.8 Å². The van der Waals surface area contributed by atoms with Crippen LogP contribution in [0.4, 0.5) is 0 Å². The molecular formula is C15H21NO. The molecule has 2 unspecified atom stereocenters. The van der Waals surface area contributed by atoms with E-state index in [1.54, 1.807) is 0 Å². The molecule has 1 aliphatic rings. The van der Waals surface area contributed by atoms with Gasteiger partial charge in [-0.1, -0.05) is 30.5 Å². The van der Waals surface area contributed by atoms with Crippen molar-refractivity contribution in [2.45, 2.75) is 45.6 Å². The second-order valence-electron chi connectivity index (χ2n) is 5.24. The molecule has 0 heterocycles. The van der Waals surface area contributed by atoms with Crippen molar-refractivity contribution in [3.05, 3.63) is 34.9 Å². The van der Waals surface area contributed by atoms with Crippen LogP contribution in [-0.4, -0.2) is 11.8 Å². The molecule has 2 heteroatoms. The Morgan fingerprint density at radius 3 is 2.65 bits per heavy atom. The van der Waals surface area contributed by atoms with Gasteiger partial charge < -0.3 is 5.73 Å². The summed E-state index contributed by atoms with van der Waals surface area (Å²) in [6, 6.07) is 6.12. The first-order chi connectivity index (χ1) is 8.09. The molecule has 1 saturated carbocycles. The third kappa shape index (κ3) is 2.58. The van der Waals surface area contributed by atoms with E-state index in [4.69, 9.17) is 5.73 Å². The fourth-order valence-electron chi connectivity index (χ4n) is 2.69. The van der Waals surface area contributed by atoms with Gasteiger partial charge in [-0.25, -0.2) is 0 Å². The van der Waals surface area contributed by atoms with Gasteiger partial charge in [0.1, 0.15) is 0 Å². The quantitative estimate of drug-likeness (QED) is 0.795. The third-order valence-corrected chi connectivity index (χ3v) is 3.81. The Bertz CT molecular complexity index is 425. The average Bonchev–Trinajstić information content (AvgIpc) is 2.32. The Balaban J connectivity index is 2.26. The zero-order chi connectivity index (χ0) is 12.4. The van der Waals surface area contributed by atoms with Crippen molar-refractivity contribution in [2.24, 2.45) is 11.7 Å². The van der Waals surface area contributed by atoms with E-state index in [0.29, 0.717) is 0 Å². The zero-order valence-electron chi connectivity index (χ0n) is 10.7. The van der Waals surface area contributed by atoms with Crippen molar-refractivity contribution in [2.75, 3.05) is 0 Å². The molecule has 2 N–H and O–H groups in total. The summed E-state index contributed by atoms with van der Waals surface area (Å²) in [6.07, 6.45) is 4.24. The van der Waals surface area contributed by atoms with E-state index < -0.39 is 0 Å². The molecule has 0 spiro atoms. The van der Waals surface area contributed by atoms with Crippen molar-refractivity contribution < 1.29 is 4.79 Å². The summed E-state index contributed by atoms with van der Waals surface area (Å²) >= 11 is 0. The highest BCUT2D eigenvalue weighted by atomic mass is 16.1. The molecule has 0 aromatic heterocycles.